The van der Waals surface area contributed by atoms with E-state index in [4.69, 9.17) is 10.5 Å². The van der Waals surface area contributed by atoms with Crippen LogP contribution in [0.4, 0.5) is 11.5 Å². The molecule has 8 heteroatoms. The maximum Gasteiger partial charge on any atom is 0.237 e. The van der Waals surface area contributed by atoms with E-state index in [0.29, 0.717) is 23.7 Å². The Kier molecular flexibility index (Phi) is 4.69. The van der Waals surface area contributed by atoms with Gasteiger partial charge < -0.3 is 10.5 Å². The number of benzene rings is 1. The van der Waals surface area contributed by atoms with E-state index < -0.39 is 10.0 Å². The topological polar surface area (TPSA) is 110 Å². The van der Waals surface area contributed by atoms with Crippen molar-refractivity contribution in [3.63, 3.8) is 0 Å². The predicted octanol–water partition coefficient (Wildman–Crippen LogP) is 1.37. The van der Waals surface area contributed by atoms with Gasteiger partial charge in [-0.05, 0) is 18.6 Å². The first kappa shape index (κ1) is 15.2. The minimum absolute atomic E-state index is 0.0130. The SMILES string of the molecule is CCc1cn[nH]c1NS(=O)(=O)CCOc1ccccc1N. The van der Waals surface area contributed by atoms with Crippen molar-refractivity contribution in [3.05, 3.63) is 36.0 Å². The largest absolute Gasteiger partial charge is 0.490 e. The monoisotopic (exact) mass is 310 g/mol. The highest BCUT2D eigenvalue weighted by Gasteiger charge is 2.14. The summed E-state index contributed by atoms with van der Waals surface area (Å²) >= 11 is 0. The number of aryl methyl sites for hydroxylation is 1. The minimum Gasteiger partial charge on any atom is -0.490 e. The summed E-state index contributed by atoms with van der Waals surface area (Å²) in [6, 6.07) is 6.95. The zero-order chi connectivity index (χ0) is 15.3. The Labute approximate surface area is 123 Å². The van der Waals surface area contributed by atoms with Crippen LogP contribution < -0.4 is 15.2 Å². The normalized spacial score (nSPS) is 11.3. The molecule has 0 fully saturated rings. The van der Waals surface area contributed by atoms with Gasteiger partial charge >= 0.3 is 0 Å². The van der Waals surface area contributed by atoms with Crippen LogP contribution in [0.1, 0.15) is 12.5 Å². The highest BCUT2D eigenvalue weighted by atomic mass is 32.2. The van der Waals surface area contributed by atoms with Crippen LogP contribution in [0, 0.1) is 0 Å². The molecule has 1 heterocycles. The van der Waals surface area contributed by atoms with Crippen molar-refractivity contribution in [2.45, 2.75) is 13.3 Å². The van der Waals surface area contributed by atoms with Crippen molar-refractivity contribution in [1.82, 2.24) is 10.2 Å². The smallest absolute Gasteiger partial charge is 0.237 e. The summed E-state index contributed by atoms with van der Waals surface area (Å²) < 4.78 is 31.8. The molecule has 114 valence electrons. The summed E-state index contributed by atoms with van der Waals surface area (Å²) in [6.45, 7) is 1.93. The lowest BCUT2D eigenvalue weighted by Crippen LogP contribution is -2.22. The van der Waals surface area contributed by atoms with Crippen molar-refractivity contribution < 1.29 is 13.2 Å². The fourth-order valence-electron chi connectivity index (χ4n) is 1.75. The second-order valence-electron chi connectivity index (χ2n) is 4.43. The van der Waals surface area contributed by atoms with Gasteiger partial charge in [0, 0.05) is 5.56 Å². The summed E-state index contributed by atoms with van der Waals surface area (Å²) in [5.74, 6) is 0.698. The van der Waals surface area contributed by atoms with Crippen LogP contribution in [-0.2, 0) is 16.4 Å². The van der Waals surface area contributed by atoms with Crippen molar-refractivity contribution in [2.75, 3.05) is 22.8 Å². The van der Waals surface area contributed by atoms with Crippen LogP contribution >= 0.6 is 0 Å². The standard InChI is InChI=1S/C13H18N4O3S/c1-2-10-9-15-16-13(10)17-21(18,19)8-7-20-12-6-4-3-5-11(12)14/h3-6,9H,2,7-8,14H2,1H3,(H2,15,16,17). The van der Waals surface area contributed by atoms with Crippen molar-refractivity contribution in [2.24, 2.45) is 0 Å². The molecule has 0 bridgehead atoms. The van der Waals surface area contributed by atoms with Gasteiger partial charge in [-0.15, -0.1) is 0 Å². The van der Waals surface area contributed by atoms with Gasteiger partial charge in [-0.25, -0.2) is 8.42 Å². The molecule has 1 aromatic heterocycles. The van der Waals surface area contributed by atoms with Crippen molar-refractivity contribution in [3.8, 4) is 5.75 Å². The van der Waals surface area contributed by atoms with E-state index in [9.17, 15) is 8.42 Å². The van der Waals surface area contributed by atoms with Gasteiger partial charge in [-0.1, -0.05) is 19.1 Å². The van der Waals surface area contributed by atoms with Gasteiger partial charge in [-0.2, -0.15) is 5.10 Å². The first-order valence-corrected chi connectivity index (χ1v) is 8.17. The van der Waals surface area contributed by atoms with E-state index in [1.807, 2.05) is 6.92 Å². The molecule has 1 aromatic carbocycles. The molecule has 0 spiro atoms. The predicted molar refractivity (Wildman–Crippen MR) is 81.7 cm³/mol. The van der Waals surface area contributed by atoms with Crippen LogP contribution in [-0.4, -0.2) is 31.0 Å². The lowest BCUT2D eigenvalue weighted by molar-refractivity contribution is 0.343. The second-order valence-corrected chi connectivity index (χ2v) is 6.27. The summed E-state index contributed by atoms with van der Waals surface area (Å²) in [7, 11) is -3.51. The van der Waals surface area contributed by atoms with Gasteiger partial charge in [-0.3, -0.25) is 9.82 Å². The molecular formula is C13H18N4O3S. The number of H-pyrrole nitrogens is 1. The number of nitrogen functional groups attached to an aromatic ring is 1. The number of ether oxygens (including phenoxy) is 1. The second kappa shape index (κ2) is 6.49. The maximum absolute atomic E-state index is 12.0. The van der Waals surface area contributed by atoms with E-state index >= 15 is 0 Å². The third-order valence-electron chi connectivity index (χ3n) is 2.88. The van der Waals surface area contributed by atoms with E-state index in [0.717, 1.165) is 5.56 Å². The number of hydrogen-bond donors (Lipinski definition) is 3. The molecule has 7 nitrogen and oxygen atoms in total. The first-order chi connectivity index (χ1) is 10.0. The number of anilines is 2. The Balaban J connectivity index is 1.92. The number of rotatable bonds is 7. The van der Waals surface area contributed by atoms with E-state index in [-0.39, 0.29) is 12.4 Å². The van der Waals surface area contributed by atoms with Crippen LogP contribution in [0.5, 0.6) is 5.75 Å². The summed E-state index contributed by atoms with van der Waals surface area (Å²) in [5, 5.41) is 6.45. The van der Waals surface area contributed by atoms with Crippen LogP contribution in [0.15, 0.2) is 30.5 Å². The van der Waals surface area contributed by atoms with Gasteiger partial charge in [0.2, 0.25) is 10.0 Å². The molecule has 2 rings (SSSR count). The number of nitrogens with two attached hydrogens (primary N) is 1. The number of para-hydroxylation sites is 2. The molecule has 0 saturated carbocycles. The third-order valence-corrected chi connectivity index (χ3v) is 4.10. The fraction of sp³-hybridized carbons (Fsp3) is 0.308. The molecule has 21 heavy (non-hydrogen) atoms. The number of aromatic nitrogens is 2. The van der Waals surface area contributed by atoms with E-state index in [1.165, 1.54) is 0 Å². The average Bonchev–Trinajstić information content (AvgIpc) is 2.87. The van der Waals surface area contributed by atoms with Gasteiger partial charge in [0.05, 0.1) is 11.9 Å². The first-order valence-electron chi connectivity index (χ1n) is 6.52. The van der Waals surface area contributed by atoms with Crippen LogP contribution in [0.2, 0.25) is 0 Å². The number of aromatic amines is 1. The van der Waals surface area contributed by atoms with Crippen LogP contribution in [0.3, 0.4) is 0 Å². The minimum atomic E-state index is -3.51. The molecule has 0 saturated heterocycles. The molecule has 0 aliphatic rings. The van der Waals surface area contributed by atoms with E-state index in [1.54, 1.807) is 30.5 Å². The highest BCUT2D eigenvalue weighted by molar-refractivity contribution is 7.92. The molecular weight excluding hydrogens is 292 g/mol. The molecule has 0 amide bonds. The molecule has 2 aromatic rings. The zero-order valence-electron chi connectivity index (χ0n) is 11.7. The lowest BCUT2D eigenvalue weighted by atomic mass is 10.3. The number of nitrogens with zero attached hydrogens (tertiary/aromatic N) is 1. The maximum atomic E-state index is 12.0. The molecule has 0 aliphatic heterocycles. The Morgan fingerprint density at radius 1 is 1.38 bits per heavy atom. The number of nitrogens with one attached hydrogen (secondary N) is 2. The Hall–Kier alpha value is -2.22. The van der Waals surface area contributed by atoms with Gasteiger partial charge in [0.15, 0.2) is 0 Å². The lowest BCUT2D eigenvalue weighted by Gasteiger charge is -2.10. The van der Waals surface area contributed by atoms with Crippen LogP contribution in [0.25, 0.3) is 0 Å². The summed E-state index contributed by atoms with van der Waals surface area (Å²) in [5.41, 5.74) is 7.00. The molecule has 0 radical (unpaired) electrons. The summed E-state index contributed by atoms with van der Waals surface area (Å²) in [6.07, 6.45) is 2.28. The van der Waals surface area contributed by atoms with Gasteiger partial charge in [0.25, 0.3) is 0 Å². The van der Waals surface area contributed by atoms with Gasteiger partial charge in [0.1, 0.15) is 23.9 Å². The average molecular weight is 310 g/mol. The highest BCUT2D eigenvalue weighted by Crippen LogP contribution is 2.19. The Morgan fingerprint density at radius 3 is 2.86 bits per heavy atom. The molecule has 0 aliphatic carbocycles. The molecule has 0 atom stereocenters. The van der Waals surface area contributed by atoms with Crippen molar-refractivity contribution >= 4 is 21.5 Å². The third kappa shape index (κ3) is 4.12. The zero-order valence-corrected chi connectivity index (χ0v) is 12.5. The summed E-state index contributed by atoms with van der Waals surface area (Å²) in [4.78, 5) is 0. The number of hydrogen-bond acceptors (Lipinski definition) is 5. The Morgan fingerprint density at radius 2 is 2.14 bits per heavy atom. The van der Waals surface area contributed by atoms with E-state index in [2.05, 4.69) is 14.9 Å². The van der Waals surface area contributed by atoms with Crippen molar-refractivity contribution in [1.29, 1.82) is 0 Å². The number of sulfonamides is 1. The molecule has 4 N–H and O–H groups in total. The molecule has 0 unspecified atom stereocenters. The Bertz CT molecular complexity index is 697. The quantitative estimate of drug-likeness (QED) is 0.669. The fourth-order valence-corrected chi connectivity index (χ4v) is 2.64.